The lowest BCUT2D eigenvalue weighted by Crippen LogP contribution is -2.55. The van der Waals surface area contributed by atoms with E-state index in [0.29, 0.717) is 32.5 Å². The molecule has 0 aromatic rings. The fraction of sp³-hybridized carbons (Fsp3) is 0.818. The molecule has 2 heterocycles. The molecule has 0 unspecified atom stereocenters. The van der Waals surface area contributed by atoms with Gasteiger partial charge in [0.25, 0.3) is 0 Å². The van der Waals surface area contributed by atoms with Crippen molar-refractivity contribution in [2.24, 2.45) is 0 Å². The molecule has 0 bridgehead atoms. The van der Waals surface area contributed by atoms with Crippen LogP contribution >= 0.6 is 0 Å². The molecule has 2 saturated heterocycles. The third kappa shape index (κ3) is 1.86. The van der Waals surface area contributed by atoms with E-state index in [0.717, 1.165) is 5.01 Å². The maximum Gasteiger partial charge on any atom is 0.407 e. The zero-order chi connectivity index (χ0) is 15.1. The normalized spacial score (nSPS) is 28.1. The van der Waals surface area contributed by atoms with Crippen LogP contribution in [0.3, 0.4) is 0 Å². The van der Waals surface area contributed by atoms with E-state index in [1.165, 1.54) is 4.90 Å². The van der Waals surface area contributed by atoms with E-state index in [1.807, 2.05) is 6.92 Å². The Bertz CT molecular complexity index is 419. The smallest absolute Gasteiger partial charge is 0.407 e. The first kappa shape index (κ1) is 8.74. The fourth-order valence-electron chi connectivity index (χ4n) is 2.82. The molecule has 96 valence electrons. The molecule has 0 radical (unpaired) electrons. The van der Waals surface area contributed by atoms with Gasteiger partial charge in [-0.3, -0.25) is 9.80 Å². The molecular formula is C11H19N3O3. The van der Waals surface area contributed by atoms with Crippen molar-refractivity contribution in [2.45, 2.75) is 31.7 Å². The first-order valence-electron chi connectivity index (χ1n) is 7.30. The summed E-state index contributed by atoms with van der Waals surface area (Å²) in [5.41, 5.74) is -0.549. The average Bonchev–Trinajstić information content (AvgIpc) is 2.61. The predicted octanol–water partition coefficient (Wildman–Crippen LogP) is 0.598. The lowest BCUT2D eigenvalue weighted by Gasteiger charge is -2.44. The first-order chi connectivity index (χ1) is 9.21. The van der Waals surface area contributed by atoms with Gasteiger partial charge in [-0.15, -0.1) is 0 Å². The monoisotopic (exact) mass is 244 g/mol. The molecule has 1 N–H and O–H groups in total. The van der Waals surface area contributed by atoms with Crippen LogP contribution in [0.5, 0.6) is 0 Å². The number of hydrazine groups is 1. The van der Waals surface area contributed by atoms with E-state index in [9.17, 15) is 9.59 Å². The second-order valence-corrected chi connectivity index (χ2v) is 4.59. The minimum absolute atomic E-state index is 0.146. The topological polar surface area (TPSA) is 64.1 Å². The van der Waals surface area contributed by atoms with E-state index in [1.54, 1.807) is 5.01 Å². The molecule has 2 rings (SSSR count). The Morgan fingerprint density at radius 2 is 2.18 bits per heavy atom. The maximum absolute atomic E-state index is 12.1. The van der Waals surface area contributed by atoms with E-state index in [2.05, 4.69) is 0 Å². The van der Waals surface area contributed by atoms with Crippen LogP contribution in [0.4, 0.5) is 4.79 Å². The van der Waals surface area contributed by atoms with E-state index < -0.39 is 24.5 Å². The van der Waals surface area contributed by atoms with Gasteiger partial charge < -0.3 is 10.0 Å². The molecule has 6 heteroatoms. The standard InChI is InChI=1S/C11H19N3O3/c1-3-14-11(8-9(15)12(14)2)4-6-13(7-5-11)10(16)17/h3-8H2,1-2H3,(H,16,17)/i2D3. The summed E-state index contributed by atoms with van der Waals surface area (Å²) < 4.78 is 22.5. The first-order valence-corrected chi connectivity index (χ1v) is 5.80. The molecule has 2 fully saturated rings. The minimum atomic E-state index is -2.49. The van der Waals surface area contributed by atoms with Crippen LogP contribution in [0.15, 0.2) is 0 Å². The molecule has 0 saturated carbocycles. The van der Waals surface area contributed by atoms with Crippen molar-refractivity contribution in [1.29, 1.82) is 0 Å². The van der Waals surface area contributed by atoms with Crippen molar-refractivity contribution in [3.05, 3.63) is 0 Å². The van der Waals surface area contributed by atoms with Crippen LogP contribution in [0.25, 0.3) is 0 Å². The maximum atomic E-state index is 12.1. The van der Waals surface area contributed by atoms with Gasteiger partial charge in [-0.25, -0.2) is 9.80 Å². The van der Waals surface area contributed by atoms with Crippen LogP contribution in [0, 0.1) is 0 Å². The van der Waals surface area contributed by atoms with Crippen molar-refractivity contribution >= 4 is 12.0 Å². The number of carboxylic acid groups (broad SMARTS) is 1. The van der Waals surface area contributed by atoms with Gasteiger partial charge in [0.15, 0.2) is 0 Å². The lowest BCUT2D eigenvalue weighted by molar-refractivity contribution is -0.138. The van der Waals surface area contributed by atoms with Crippen molar-refractivity contribution in [3.63, 3.8) is 0 Å². The highest BCUT2D eigenvalue weighted by molar-refractivity contribution is 5.79. The Hall–Kier alpha value is -1.30. The molecule has 1 spiro atoms. The second-order valence-electron chi connectivity index (χ2n) is 4.59. The number of amides is 2. The second kappa shape index (κ2) is 4.18. The van der Waals surface area contributed by atoms with Crippen LogP contribution in [0.2, 0.25) is 0 Å². The number of carbonyl (C=O) groups is 2. The van der Waals surface area contributed by atoms with Gasteiger partial charge in [0.05, 0.1) is 5.54 Å². The van der Waals surface area contributed by atoms with E-state index in [-0.39, 0.29) is 6.42 Å². The molecule has 0 aliphatic carbocycles. The molecule has 0 atom stereocenters. The number of hydrogen-bond donors (Lipinski definition) is 1. The molecular weight excluding hydrogens is 222 g/mol. The van der Waals surface area contributed by atoms with Crippen molar-refractivity contribution in [1.82, 2.24) is 14.9 Å². The largest absolute Gasteiger partial charge is 0.465 e. The highest BCUT2D eigenvalue weighted by Gasteiger charge is 2.49. The number of nitrogens with zero attached hydrogens (tertiary/aromatic N) is 3. The molecule has 2 amide bonds. The zero-order valence-corrected chi connectivity index (χ0v) is 9.85. The summed E-state index contributed by atoms with van der Waals surface area (Å²) >= 11 is 0. The van der Waals surface area contributed by atoms with E-state index in [4.69, 9.17) is 9.22 Å². The summed E-state index contributed by atoms with van der Waals surface area (Å²) in [6, 6.07) is 0. The predicted molar refractivity (Wildman–Crippen MR) is 61.3 cm³/mol. The highest BCUT2D eigenvalue weighted by Crippen LogP contribution is 2.38. The van der Waals surface area contributed by atoms with Gasteiger partial charge in [0.1, 0.15) is 0 Å². The van der Waals surface area contributed by atoms with Gasteiger partial charge in [-0.05, 0) is 12.8 Å². The average molecular weight is 244 g/mol. The highest BCUT2D eigenvalue weighted by atomic mass is 16.4. The van der Waals surface area contributed by atoms with Crippen molar-refractivity contribution < 1.29 is 18.8 Å². The van der Waals surface area contributed by atoms with Gasteiger partial charge in [0.2, 0.25) is 5.91 Å². The summed E-state index contributed by atoms with van der Waals surface area (Å²) in [6.45, 7) is 0.391. The third-order valence-electron chi connectivity index (χ3n) is 3.77. The Morgan fingerprint density at radius 3 is 2.65 bits per heavy atom. The van der Waals surface area contributed by atoms with Gasteiger partial charge in [-0.1, -0.05) is 6.92 Å². The Balaban J connectivity index is 2.21. The molecule has 0 aromatic heterocycles. The van der Waals surface area contributed by atoms with Crippen LogP contribution in [-0.2, 0) is 4.79 Å². The summed E-state index contributed by atoms with van der Waals surface area (Å²) in [6.07, 6.45) is 0.128. The quantitative estimate of drug-likeness (QED) is 0.733. The minimum Gasteiger partial charge on any atom is -0.465 e. The van der Waals surface area contributed by atoms with Crippen molar-refractivity contribution in [2.75, 3.05) is 26.6 Å². The summed E-state index contributed by atoms with van der Waals surface area (Å²) in [7, 11) is 0. The van der Waals surface area contributed by atoms with Crippen molar-refractivity contribution in [3.8, 4) is 0 Å². The summed E-state index contributed by atoms with van der Waals surface area (Å²) in [4.78, 5) is 24.3. The number of carbonyl (C=O) groups excluding carboxylic acids is 1. The molecule has 2 aliphatic heterocycles. The number of piperidine rings is 1. The zero-order valence-electron chi connectivity index (χ0n) is 12.8. The molecule has 6 nitrogen and oxygen atoms in total. The van der Waals surface area contributed by atoms with Gasteiger partial charge in [-0.2, -0.15) is 0 Å². The van der Waals surface area contributed by atoms with Gasteiger partial charge >= 0.3 is 6.09 Å². The number of hydrogen-bond acceptors (Lipinski definition) is 3. The SMILES string of the molecule is [2H]C([2H])([2H])N1C(=O)CC2(CCN(C(=O)O)CC2)N1CC. The molecule has 17 heavy (non-hydrogen) atoms. The van der Waals surface area contributed by atoms with Gasteiger partial charge in [0, 0.05) is 37.1 Å². The molecule has 2 aliphatic rings. The van der Waals surface area contributed by atoms with E-state index >= 15 is 0 Å². The Morgan fingerprint density at radius 1 is 1.53 bits per heavy atom. The Kier molecular flexibility index (Phi) is 2.15. The molecule has 0 aromatic carbocycles. The summed E-state index contributed by atoms with van der Waals surface area (Å²) in [5, 5.41) is 11.5. The fourth-order valence-corrected chi connectivity index (χ4v) is 2.82. The van der Waals surface area contributed by atoms with Crippen LogP contribution in [0.1, 0.15) is 30.3 Å². The van der Waals surface area contributed by atoms with Crippen LogP contribution in [-0.4, -0.2) is 64.2 Å². The van der Waals surface area contributed by atoms with Crippen LogP contribution < -0.4 is 0 Å². The number of likely N-dealkylation sites (tertiary alicyclic amines) is 1. The number of rotatable bonds is 1. The summed E-state index contributed by atoms with van der Waals surface area (Å²) in [5.74, 6) is -0.407. The lowest BCUT2D eigenvalue weighted by atomic mass is 9.85. The Labute approximate surface area is 105 Å². The third-order valence-corrected chi connectivity index (χ3v) is 3.77.